The molecule has 0 amide bonds. The first-order valence-electron chi connectivity index (χ1n) is 6.97. The van der Waals surface area contributed by atoms with Gasteiger partial charge in [0, 0.05) is 13.1 Å². The van der Waals surface area contributed by atoms with Gasteiger partial charge in [-0.1, -0.05) is 13.8 Å². The number of fused-ring (bicyclic) bond motifs is 1. The number of benzene rings is 1. The average Bonchev–Trinajstić information content (AvgIpc) is 2.51. The quantitative estimate of drug-likeness (QED) is 0.797. The molecular weight excluding hydrogens is 322 g/mol. The smallest absolute Gasteiger partial charge is 0.307 e. The summed E-state index contributed by atoms with van der Waals surface area (Å²) in [4.78, 5) is 28.6. The zero-order valence-corrected chi connectivity index (χ0v) is 13.5. The van der Waals surface area contributed by atoms with E-state index in [2.05, 4.69) is 9.97 Å². The molecule has 0 unspecified atom stereocenters. The SMILES string of the molecule is CCN(C[C@H](C)C(=O)O)S(=O)(=O)c1ccc2[nH]c(=O)cnc2c1. The Morgan fingerprint density at radius 2 is 2.13 bits per heavy atom. The van der Waals surface area contributed by atoms with E-state index in [9.17, 15) is 18.0 Å². The molecule has 0 aliphatic carbocycles. The van der Waals surface area contributed by atoms with Crippen LogP contribution in [-0.2, 0) is 14.8 Å². The number of sulfonamides is 1. The third-order valence-electron chi connectivity index (χ3n) is 3.44. The topological polar surface area (TPSA) is 120 Å². The summed E-state index contributed by atoms with van der Waals surface area (Å²) < 4.78 is 26.4. The minimum atomic E-state index is -3.84. The molecule has 1 aromatic heterocycles. The largest absolute Gasteiger partial charge is 0.481 e. The van der Waals surface area contributed by atoms with Gasteiger partial charge in [0.1, 0.15) is 0 Å². The third-order valence-corrected chi connectivity index (χ3v) is 5.37. The molecule has 1 atom stereocenters. The molecule has 23 heavy (non-hydrogen) atoms. The Balaban J connectivity index is 2.43. The molecule has 8 nitrogen and oxygen atoms in total. The number of H-pyrrole nitrogens is 1. The van der Waals surface area contributed by atoms with Crippen molar-refractivity contribution in [1.29, 1.82) is 0 Å². The average molecular weight is 339 g/mol. The van der Waals surface area contributed by atoms with E-state index >= 15 is 0 Å². The van der Waals surface area contributed by atoms with Crippen LogP contribution in [0.2, 0.25) is 0 Å². The Morgan fingerprint density at radius 3 is 2.74 bits per heavy atom. The highest BCUT2D eigenvalue weighted by Gasteiger charge is 2.27. The van der Waals surface area contributed by atoms with Gasteiger partial charge in [-0.2, -0.15) is 4.31 Å². The van der Waals surface area contributed by atoms with Crippen molar-refractivity contribution in [2.45, 2.75) is 18.7 Å². The molecule has 2 rings (SSSR count). The van der Waals surface area contributed by atoms with Crippen LogP contribution in [0.25, 0.3) is 11.0 Å². The second-order valence-corrected chi connectivity index (χ2v) is 7.06. The Bertz CT molecular complexity index is 891. The summed E-state index contributed by atoms with van der Waals surface area (Å²) in [5.41, 5.74) is 0.394. The van der Waals surface area contributed by atoms with Crippen LogP contribution in [0.4, 0.5) is 0 Å². The van der Waals surface area contributed by atoms with Crippen LogP contribution in [0.15, 0.2) is 34.1 Å². The van der Waals surface area contributed by atoms with Crippen LogP contribution < -0.4 is 5.56 Å². The number of nitrogens with one attached hydrogen (secondary N) is 1. The molecule has 0 radical (unpaired) electrons. The van der Waals surface area contributed by atoms with Gasteiger partial charge in [-0.05, 0) is 18.2 Å². The van der Waals surface area contributed by atoms with E-state index in [0.29, 0.717) is 11.0 Å². The van der Waals surface area contributed by atoms with E-state index in [-0.39, 0.29) is 23.5 Å². The highest BCUT2D eigenvalue weighted by atomic mass is 32.2. The third kappa shape index (κ3) is 3.57. The van der Waals surface area contributed by atoms with Gasteiger partial charge < -0.3 is 10.1 Å². The van der Waals surface area contributed by atoms with Crippen LogP contribution in [0.1, 0.15) is 13.8 Å². The fourth-order valence-electron chi connectivity index (χ4n) is 2.11. The standard InChI is InChI=1S/C14H17N3O5S/c1-3-17(8-9(2)14(19)20)23(21,22)10-4-5-11-12(6-10)15-7-13(18)16-11/h4-7,9H,3,8H2,1-2H3,(H,16,18)(H,19,20)/t9-/m0/s1. The van der Waals surface area contributed by atoms with E-state index in [0.717, 1.165) is 10.5 Å². The summed E-state index contributed by atoms with van der Waals surface area (Å²) in [5, 5.41) is 8.96. The Morgan fingerprint density at radius 1 is 1.43 bits per heavy atom. The first-order chi connectivity index (χ1) is 10.8. The Hall–Kier alpha value is -2.26. The predicted octanol–water partition coefficient (Wildman–Crippen LogP) is 0.654. The lowest BCUT2D eigenvalue weighted by molar-refractivity contribution is -0.141. The molecule has 1 heterocycles. The van der Waals surface area contributed by atoms with Gasteiger partial charge >= 0.3 is 5.97 Å². The van der Waals surface area contributed by atoms with Crippen molar-refractivity contribution in [3.8, 4) is 0 Å². The highest BCUT2D eigenvalue weighted by Crippen LogP contribution is 2.20. The van der Waals surface area contributed by atoms with Gasteiger partial charge in [0.25, 0.3) is 5.56 Å². The number of carboxylic acids is 1. The van der Waals surface area contributed by atoms with Gasteiger partial charge in [-0.3, -0.25) is 9.59 Å². The number of hydrogen-bond acceptors (Lipinski definition) is 5. The monoisotopic (exact) mass is 339 g/mol. The van der Waals surface area contributed by atoms with E-state index in [1.807, 2.05) is 0 Å². The summed E-state index contributed by atoms with van der Waals surface area (Å²) >= 11 is 0. The number of hydrogen-bond donors (Lipinski definition) is 2. The lowest BCUT2D eigenvalue weighted by Gasteiger charge is -2.22. The van der Waals surface area contributed by atoms with Gasteiger partial charge in [0.05, 0.1) is 28.0 Å². The van der Waals surface area contributed by atoms with E-state index in [1.54, 1.807) is 6.92 Å². The van der Waals surface area contributed by atoms with Crippen molar-refractivity contribution in [3.63, 3.8) is 0 Å². The molecule has 0 spiro atoms. The fraction of sp³-hybridized carbons (Fsp3) is 0.357. The maximum Gasteiger partial charge on any atom is 0.307 e. The van der Waals surface area contributed by atoms with Crippen LogP contribution in [0.3, 0.4) is 0 Å². The lowest BCUT2D eigenvalue weighted by atomic mass is 10.2. The van der Waals surface area contributed by atoms with Crippen LogP contribution in [0, 0.1) is 5.92 Å². The van der Waals surface area contributed by atoms with Crippen LogP contribution in [0.5, 0.6) is 0 Å². The van der Waals surface area contributed by atoms with Crippen LogP contribution in [-0.4, -0.2) is 46.9 Å². The second kappa shape index (κ2) is 6.47. The molecule has 0 bridgehead atoms. The maximum atomic E-state index is 12.7. The molecule has 0 saturated carbocycles. The molecule has 0 saturated heterocycles. The van der Waals surface area contributed by atoms with Gasteiger partial charge in [-0.15, -0.1) is 0 Å². The molecular formula is C14H17N3O5S. The lowest BCUT2D eigenvalue weighted by Crippen LogP contribution is -2.36. The van der Waals surface area contributed by atoms with E-state index in [4.69, 9.17) is 5.11 Å². The van der Waals surface area contributed by atoms with Gasteiger partial charge in [-0.25, -0.2) is 13.4 Å². The molecule has 0 aliphatic heterocycles. The number of aromatic nitrogens is 2. The first kappa shape index (κ1) is 17.1. The molecule has 2 aromatic rings. The summed E-state index contributed by atoms with van der Waals surface area (Å²) in [6, 6.07) is 4.18. The van der Waals surface area contributed by atoms with Crippen LogP contribution >= 0.6 is 0 Å². The maximum absolute atomic E-state index is 12.7. The van der Waals surface area contributed by atoms with Crippen molar-refractivity contribution >= 4 is 27.0 Å². The zero-order chi connectivity index (χ0) is 17.2. The number of aliphatic carboxylic acids is 1. The molecule has 124 valence electrons. The normalized spacial score (nSPS) is 13.3. The van der Waals surface area contributed by atoms with Gasteiger partial charge in [0.2, 0.25) is 10.0 Å². The molecule has 2 N–H and O–H groups in total. The van der Waals surface area contributed by atoms with E-state index < -0.39 is 21.9 Å². The Kier molecular flexibility index (Phi) is 4.81. The van der Waals surface area contributed by atoms with Crippen molar-refractivity contribution in [1.82, 2.24) is 14.3 Å². The minimum Gasteiger partial charge on any atom is -0.481 e. The van der Waals surface area contributed by atoms with E-state index in [1.165, 1.54) is 25.1 Å². The highest BCUT2D eigenvalue weighted by molar-refractivity contribution is 7.89. The molecule has 0 aliphatic rings. The van der Waals surface area contributed by atoms with Gasteiger partial charge in [0.15, 0.2) is 0 Å². The summed E-state index contributed by atoms with van der Waals surface area (Å²) in [6.45, 7) is 3.12. The summed E-state index contributed by atoms with van der Waals surface area (Å²) in [7, 11) is -3.84. The fourth-order valence-corrected chi connectivity index (χ4v) is 3.67. The van der Waals surface area contributed by atoms with Crippen molar-refractivity contribution < 1.29 is 18.3 Å². The molecule has 1 aromatic carbocycles. The summed E-state index contributed by atoms with van der Waals surface area (Å²) in [5.74, 6) is -1.88. The van der Waals surface area contributed by atoms with Crippen molar-refractivity contribution in [2.24, 2.45) is 5.92 Å². The molecule has 9 heteroatoms. The predicted molar refractivity (Wildman–Crippen MR) is 83.6 cm³/mol. The zero-order valence-electron chi connectivity index (χ0n) is 12.7. The first-order valence-corrected chi connectivity index (χ1v) is 8.41. The Labute approximate surface area is 132 Å². The number of carbonyl (C=O) groups is 1. The minimum absolute atomic E-state index is 0.00369. The second-order valence-electron chi connectivity index (χ2n) is 5.12. The number of carboxylic acid groups (broad SMARTS) is 1. The molecule has 0 fully saturated rings. The van der Waals surface area contributed by atoms with Crippen molar-refractivity contribution in [2.75, 3.05) is 13.1 Å². The summed E-state index contributed by atoms with van der Waals surface area (Å²) in [6.07, 6.45) is 1.07. The number of rotatable bonds is 6. The number of aromatic amines is 1. The number of nitrogens with zero attached hydrogens (tertiary/aromatic N) is 2. The van der Waals surface area contributed by atoms with Crippen molar-refractivity contribution in [3.05, 3.63) is 34.7 Å².